The summed E-state index contributed by atoms with van der Waals surface area (Å²) in [7, 11) is 0. The fraction of sp³-hybridized carbons (Fsp3) is 0.800. The molecule has 0 aromatic carbocycles. The van der Waals surface area contributed by atoms with Crippen LogP contribution in [0.5, 0.6) is 0 Å². The fourth-order valence-electron chi connectivity index (χ4n) is 1.96. The summed E-state index contributed by atoms with van der Waals surface area (Å²) in [6.07, 6.45) is 13.0. The lowest BCUT2D eigenvalue weighted by atomic mass is 10.0. The molecule has 0 N–H and O–H groups in total. The first-order valence-electron chi connectivity index (χ1n) is 7.20. The number of carbonyl (C=O) groups is 3. The molecular formula is C15H26O3. The Morgan fingerprint density at radius 3 is 1.67 bits per heavy atom. The van der Waals surface area contributed by atoms with Gasteiger partial charge in [-0.2, -0.15) is 0 Å². The van der Waals surface area contributed by atoms with Gasteiger partial charge >= 0.3 is 0 Å². The van der Waals surface area contributed by atoms with Crippen molar-refractivity contribution in [3.05, 3.63) is 0 Å². The highest BCUT2D eigenvalue weighted by Crippen LogP contribution is 2.10. The van der Waals surface area contributed by atoms with Crippen LogP contribution in [-0.2, 0) is 14.4 Å². The third-order valence-electron chi connectivity index (χ3n) is 3.07. The van der Waals surface area contributed by atoms with Gasteiger partial charge in [0.1, 0.15) is 18.4 Å². The van der Waals surface area contributed by atoms with Gasteiger partial charge in [0.25, 0.3) is 0 Å². The lowest BCUT2D eigenvalue weighted by molar-refractivity contribution is -0.120. The number of rotatable bonds is 14. The zero-order chi connectivity index (χ0) is 13.5. The molecule has 3 nitrogen and oxygen atoms in total. The topological polar surface area (TPSA) is 51.2 Å². The van der Waals surface area contributed by atoms with Crippen LogP contribution in [0.3, 0.4) is 0 Å². The predicted molar refractivity (Wildman–Crippen MR) is 72.5 cm³/mol. The van der Waals surface area contributed by atoms with Crippen LogP contribution in [0.25, 0.3) is 0 Å². The minimum atomic E-state index is 0.218. The number of unbranched alkanes of at least 4 members (excludes halogenated alkanes) is 8. The predicted octanol–water partition coefficient (Wildman–Crippen LogP) is 3.63. The van der Waals surface area contributed by atoms with Crippen LogP contribution >= 0.6 is 0 Å². The van der Waals surface area contributed by atoms with Crippen LogP contribution < -0.4 is 0 Å². The minimum Gasteiger partial charge on any atom is -0.303 e. The van der Waals surface area contributed by atoms with Gasteiger partial charge in [-0.05, 0) is 12.8 Å². The number of carbonyl (C=O) groups excluding carboxylic acids is 3. The molecule has 0 aromatic heterocycles. The maximum atomic E-state index is 11.3. The summed E-state index contributed by atoms with van der Waals surface area (Å²) >= 11 is 0. The van der Waals surface area contributed by atoms with Gasteiger partial charge in [0.15, 0.2) is 0 Å². The Bertz CT molecular complexity index is 224. The van der Waals surface area contributed by atoms with Crippen molar-refractivity contribution >= 4 is 18.4 Å². The van der Waals surface area contributed by atoms with E-state index >= 15 is 0 Å². The first kappa shape index (κ1) is 17.0. The first-order chi connectivity index (χ1) is 8.81. The highest BCUT2D eigenvalue weighted by Gasteiger charge is 2.00. The maximum Gasteiger partial charge on any atom is 0.133 e. The third-order valence-corrected chi connectivity index (χ3v) is 3.07. The zero-order valence-electron chi connectivity index (χ0n) is 11.4. The molecule has 0 unspecified atom stereocenters. The Kier molecular flexibility index (Phi) is 13.3. The van der Waals surface area contributed by atoms with Crippen LogP contribution in [0.2, 0.25) is 0 Å². The smallest absolute Gasteiger partial charge is 0.133 e. The van der Waals surface area contributed by atoms with Gasteiger partial charge < -0.3 is 9.59 Å². The van der Waals surface area contributed by atoms with E-state index in [-0.39, 0.29) is 5.78 Å². The molecule has 0 spiro atoms. The molecule has 18 heavy (non-hydrogen) atoms. The lowest BCUT2D eigenvalue weighted by Crippen LogP contribution is -1.97. The number of hydrogen-bond acceptors (Lipinski definition) is 3. The molecular weight excluding hydrogens is 228 g/mol. The molecule has 0 radical (unpaired) electrons. The average Bonchev–Trinajstić information content (AvgIpc) is 2.38. The molecule has 3 heteroatoms. The summed E-state index contributed by atoms with van der Waals surface area (Å²) < 4.78 is 0. The molecule has 0 bridgehead atoms. The largest absolute Gasteiger partial charge is 0.303 e. The third kappa shape index (κ3) is 13.1. The molecule has 0 fully saturated rings. The van der Waals surface area contributed by atoms with Crippen molar-refractivity contribution < 1.29 is 14.4 Å². The fourth-order valence-corrected chi connectivity index (χ4v) is 1.96. The van der Waals surface area contributed by atoms with Crippen molar-refractivity contribution in [1.29, 1.82) is 0 Å². The summed E-state index contributed by atoms with van der Waals surface area (Å²) in [6, 6.07) is 0. The number of aldehydes is 2. The summed E-state index contributed by atoms with van der Waals surface area (Å²) in [4.78, 5) is 31.4. The van der Waals surface area contributed by atoms with Crippen molar-refractivity contribution in [2.45, 2.75) is 77.0 Å². The number of ketones is 1. The van der Waals surface area contributed by atoms with Crippen LogP contribution in [0.4, 0.5) is 0 Å². The van der Waals surface area contributed by atoms with E-state index in [2.05, 4.69) is 0 Å². The molecule has 0 aliphatic carbocycles. The van der Waals surface area contributed by atoms with Crippen molar-refractivity contribution in [3.63, 3.8) is 0 Å². The summed E-state index contributed by atoms with van der Waals surface area (Å²) in [6.45, 7) is 0. The van der Waals surface area contributed by atoms with Gasteiger partial charge in [-0.3, -0.25) is 4.79 Å². The minimum absolute atomic E-state index is 0.218. The van der Waals surface area contributed by atoms with Crippen LogP contribution in [0, 0.1) is 0 Å². The second-order valence-corrected chi connectivity index (χ2v) is 4.78. The Hall–Kier alpha value is -0.990. The molecule has 0 rings (SSSR count). The van der Waals surface area contributed by atoms with E-state index in [9.17, 15) is 14.4 Å². The van der Waals surface area contributed by atoms with Crippen LogP contribution in [-0.4, -0.2) is 18.4 Å². The van der Waals surface area contributed by atoms with Gasteiger partial charge in [-0.1, -0.05) is 38.5 Å². The molecule has 0 amide bonds. The zero-order valence-corrected chi connectivity index (χ0v) is 11.4. The van der Waals surface area contributed by atoms with E-state index in [1.165, 1.54) is 25.7 Å². The Morgan fingerprint density at radius 2 is 1.11 bits per heavy atom. The van der Waals surface area contributed by atoms with E-state index < -0.39 is 0 Å². The van der Waals surface area contributed by atoms with Gasteiger partial charge in [-0.25, -0.2) is 0 Å². The molecule has 0 saturated heterocycles. The molecule has 104 valence electrons. The van der Waals surface area contributed by atoms with Gasteiger partial charge in [0, 0.05) is 25.7 Å². The SMILES string of the molecule is O=CCCCCCCCCCCC(=O)CCC=O. The van der Waals surface area contributed by atoms with Gasteiger partial charge in [0.05, 0.1) is 0 Å². The molecule has 0 heterocycles. The van der Waals surface area contributed by atoms with Crippen molar-refractivity contribution in [1.82, 2.24) is 0 Å². The average molecular weight is 254 g/mol. The molecule has 0 aliphatic heterocycles. The van der Waals surface area contributed by atoms with E-state index in [0.29, 0.717) is 25.7 Å². The number of Topliss-reactive ketones (excluding diaryl/α,β-unsaturated/α-hetero) is 1. The Labute approximate surface area is 110 Å². The summed E-state index contributed by atoms with van der Waals surface area (Å²) in [5.41, 5.74) is 0. The van der Waals surface area contributed by atoms with E-state index in [1.807, 2.05) is 0 Å². The van der Waals surface area contributed by atoms with Gasteiger partial charge in [0.2, 0.25) is 0 Å². The summed E-state index contributed by atoms with van der Waals surface area (Å²) in [5, 5.41) is 0. The van der Waals surface area contributed by atoms with Gasteiger partial charge in [-0.15, -0.1) is 0 Å². The normalized spacial score (nSPS) is 10.2. The Balaban J connectivity index is 3.08. The molecule has 0 aliphatic rings. The monoisotopic (exact) mass is 254 g/mol. The van der Waals surface area contributed by atoms with Crippen LogP contribution in [0.15, 0.2) is 0 Å². The molecule has 0 saturated carbocycles. The van der Waals surface area contributed by atoms with Crippen molar-refractivity contribution in [2.24, 2.45) is 0 Å². The standard InChI is InChI=1S/C15H26O3/c16-13-9-7-5-3-1-2-4-6-8-11-15(18)12-10-14-17/h13-14H,1-12H2. The summed E-state index contributed by atoms with van der Waals surface area (Å²) in [5.74, 6) is 0.218. The maximum absolute atomic E-state index is 11.3. The Morgan fingerprint density at radius 1 is 0.611 bits per heavy atom. The highest BCUT2D eigenvalue weighted by atomic mass is 16.1. The number of hydrogen-bond donors (Lipinski definition) is 0. The first-order valence-corrected chi connectivity index (χ1v) is 7.20. The second kappa shape index (κ2) is 14.1. The van der Waals surface area contributed by atoms with Crippen LogP contribution in [0.1, 0.15) is 77.0 Å². The second-order valence-electron chi connectivity index (χ2n) is 4.78. The van der Waals surface area contributed by atoms with Crippen molar-refractivity contribution in [3.8, 4) is 0 Å². The van der Waals surface area contributed by atoms with Crippen molar-refractivity contribution in [2.75, 3.05) is 0 Å². The highest BCUT2D eigenvalue weighted by molar-refractivity contribution is 5.80. The lowest BCUT2D eigenvalue weighted by Gasteiger charge is -2.01. The molecule has 0 atom stereocenters. The van der Waals surface area contributed by atoms with E-state index in [1.54, 1.807) is 0 Å². The van der Waals surface area contributed by atoms with E-state index in [0.717, 1.165) is 38.3 Å². The van der Waals surface area contributed by atoms with E-state index in [4.69, 9.17) is 0 Å². The quantitative estimate of drug-likeness (QED) is 0.351. The molecule has 0 aromatic rings.